The Bertz CT molecular complexity index is 1230. The number of halogens is 1. The zero-order chi connectivity index (χ0) is 19.0. The molecule has 0 saturated carbocycles. The quantitative estimate of drug-likeness (QED) is 0.458. The van der Waals surface area contributed by atoms with Gasteiger partial charge >= 0.3 is 0 Å². The second kappa shape index (κ2) is 6.83. The fourth-order valence-electron chi connectivity index (χ4n) is 2.99. The summed E-state index contributed by atoms with van der Waals surface area (Å²) < 4.78 is 34.4. The van der Waals surface area contributed by atoms with Crippen molar-refractivity contribution in [1.82, 2.24) is 8.96 Å². The number of rotatable bonds is 4. The van der Waals surface area contributed by atoms with E-state index >= 15 is 0 Å². The Balaban J connectivity index is 2.09. The van der Waals surface area contributed by atoms with Gasteiger partial charge in [-0.3, -0.25) is 4.98 Å². The van der Waals surface area contributed by atoms with Crippen molar-refractivity contribution < 1.29 is 13.2 Å². The number of benzene rings is 2. The van der Waals surface area contributed by atoms with Crippen LogP contribution in [-0.4, -0.2) is 24.5 Å². The summed E-state index contributed by atoms with van der Waals surface area (Å²) in [5.74, 6) is 0.587. The van der Waals surface area contributed by atoms with Crippen molar-refractivity contribution in [3.63, 3.8) is 0 Å². The van der Waals surface area contributed by atoms with Gasteiger partial charge in [0, 0.05) is 33.9 Å². The maximum atomic E-state index is 13.5. The van der Waals surface area contributed by atoms with E-state index in [0.29, 0.717) is 22.5 Å². The van der Waals surface area contributed by atoms with Crippen molar-refractivity contribution in [3.05, 3.63) is 77.5 Å². The fraction of sp³-hybridized carbons (Fsp3) is 0.0500. The number of hydrogen-bond donors (Lipinski definition) is 0. The van der Waals surface area contributed by atoms with Gasteiger partial charge in [-0.1, -0.05) is 18.2 Å². The summed E-state index contributed by atoms with van der Waals surface area (Å²) in [4.78, 5) is 4.40. The fourth-order valence-corrected chi connectivity index (χ4v) is 4.90. The zero-order valence-corrected chi connectivity index (χ0v) is 16.7. The maximum absolute atomic E-state index is 13.5. The van der Waals surface area contributed by atoms with Gasteiger partial charge in [0.1, 0.15) is 5.75 Å². The predicted octanol–water partition coefficient (Wildman–Crippen LogP) is 4.71. The van der Waals surface area contributed by atoms with Gasteiger partial charge in [-0.2, -0.15) is 0 Å². The molecule has 0 spiro atoms. The Hall–Kier alpha value is -2.64. The molecule has 0 saturated heterocycles. The summed E-state index contributed by atoms with van der Waals surface area (Å²) in [7, 11) is -2.27. The normalized spacial score (nSPS) is 11.6. The Morgan fingerprint density at radius 1 is 1.00 bits per heavy atom. The van der Waals surface area contributed by atoms with Crippen LogP contribution in [0.1, 0.15) is 0 Å². The Morgan fingerprint density at radius 3 is 2.48 bits per heavy atom. The number of ether oxygens (including phenoxy) is 1. The van der Waals surface area contributed by atoms with E-state index in [9.17, 15) is 8.42 Å². The minimum atomic E-state index is -3.82. The summed E-state index contributed by atoms with van der Waals surface area (Å²) in [6.45, 7) is 0. The molecule has 4 rings (SSSR count). The Labute approximate surface area is 165 Å². The number of nitrogens with zero attached hydrogens (tertiary/aromatic N) is 2. The van der Waals surface area contributed by atoms with Gasteiger partial charge in [0.15, 0.2) is 0 Å². The van der Waals surface area contributed by atoms with Crippen LogP contribution in [0.2, 0.25) is 0 Å². The number of hydrogen-bond acceptors (Lipinski definition) is 4. The van der Waals surface area contributed by atoms with Crippen molar-refractivity contribution in [2.75, 3.05) is 7.11 Å². The molecule has 0 amide bonds. The maximum Gasteiger partial charge on any atom is 0.268 e. The second-order valence-corrected chi connectivity index (χ2v) is 8.63. The van der Waals surface area contributed by atoms with Crippen molar-refractivity contribution >= 4 is 36.9 Å². The third kappa shape index (κ3) is 3.13. The summed E-state index contributed by atoms with van der Waals surface area (Å²) in [6.07, 6.45) is 3.30. The van der Waals surface area contributed by atoms with E-state index in [1.807, 2.05) is 24.3 Å². The van der Waals surface area contributed by atoms with Crippen molar-refractivity contribution in [2.24, 2.45) is 0 Å². The highest BCUT2D eigenvalue weighted by atomic mass is 79.9. The lowest BCUT2D eigenvalue weighted by molar-refractivity contribution is 0.415. The molecule has 0 atom stereocenters. The molecule has 5 nitrogen and oxygen atoms in total. The zero-order valence-electron chi connectivity index (χ0n) is 14.3. The van der Waals surface area contributed by atoms with Crippen molar-refractivity contribution in [1.29, 1.82) is 0 Å². The second-order valence-electron chi connectivity index (χ2n) is 5.93. The van der Waals surface area contributed by atoms with E-state index in [4.69, 9.17) is 4.74 Å². The van der Waals surface area contributed by atoms with Crippen LogP contribution >= 0.6 is 15.9 Å². The lowest BCUT2D eigenvalue weighted by atomic mass is 10.2. The van der Waals surface area contributed by atoms with Gasteiger partial charge in [-0.05, 0) is 52.3 Å². The van der Waals surface area contributed by atoms with Gasteiger partial charge in [0.2, 0.25) is 0 Å². The van der Waals surface area contributed by atoms with Crippen LogP contribution in [0.25, 0.3) is 22.2 Å². The van der Waals surface area contributed by atoms with Crippen LogP contribution in [0.4, 0.5) is 0 Å². The van der Waals surface area contributed by atoms with Gasteiger partial charge < -0.3 is 4.74 Å². The van der Waals surface area contributed by atoms with E-state index in [2.05, 4.69) is 20.9 Å². The molecule has 0 aliphatic rings. The summed E-state index contributed by atoms with van der Waals surface area (Å²) in [6, 6.07) is 17.5. The average Bonchev–Trinajstić information content (AvgIpc) is 3.08. The predicted molar refractivity (Wildman–Crippen MR) is 108 cm³/mol. The number of aromatic nitrogens is 2. The van der Waals surface area contributed by atoms with Crippen LogP contribution in [0.3, 0.4) is 0 Å². The molecule has 7 heteroatoms. The number of pyridine rings is 1. The van der Waals surface area contributed by atoms with E-state index in [-0.39, 0.29) is 4.90 Å². The topological polar surface area (TPSA) is 61.2 Å². The monoisotopic (exact) mass is 442 g/mol. The van der Waals surface area contributed by atoms with Crippen LogP contribution in [0, 0.1) is 0 Å². The summed E-state index contributed by atoms with van der Waals surface area (Å²) >= 11 is 3.40. The average molecular weight is 443 g/mol. The molecule has 0 aliphatic heterocycles. The highest BCUT2D eigenvalue weighted by molar-refractivity contribution is 9.10. The minimum absolute atomic E-state index is 0.217. The van der Waals surface area contributed by atoms with Gasteiger partial charge in [-0.25, -0.2) is 12.4 Å². The van der Waals surface area contributed by atoms with Gasteiger partial charge in [-0.15, -0.1) is 0 Å². The first-order valence-electron chi connectivity index (χ1n) is 8.12. The first-order chi connectivity index (χ1) is 13.0. The largest absolute Gasteiger partial charge is 0.497 e. The van der Waals surface area contributed by atoms with Crippen LogP contribution in [0.15, 0.2) is 82.4 Å². The standard InChI is InChI=1S/C20H15BrN2O3S/c1-26-17-8-7-14-10-19(15-9-16(21)13-22-12-15)23(20(14)11-17)27(24,25)18-5-3-2-4-6-18/h2-13H,1H3. The molecule has 2 aromatic heterocycles. The SMILES string of the molecule is COc1ccc2cc(-c3cncc(Br)c3)n(S(=O)(=O)c3ccccc3)c2c1. The third-order valence-corrected chi connectivity index (χ3v) is 6.43. The molecule has 0 aliphatic carbocycles. The molecule has 0 radical (unpaired) electrons. The lowest BCUT2D eigenvalue weighted by Crippen LogP contribution is -2.14. The molecule has 136 valence electrons. The highest BCUT2D eigenvalue weighted by Crippen LogP contribution is 2.34. The Kier molecular flexibility index (Phi) is 4.49. The molecule has 0 unspecified atom stereocenters. The van der Waals surface area contributed by atoms with E-state index < -0.39 is 10.0 Å². The molecular weight excluding hydrogens is 428 g/mol. The molecule has 0 bridgehead atoms. The molecular formula is C20H15BrN2O3S. The molecule has 0 fully saturated rings. The Morgan fingerprint density at radius 2 is 1.78 bits per heavy atom. The molecule has 2 aromatic carbocycles. The van der Waals surface area contributed by atoms with Crippen molar-refractivity contribution in [3.8, 4) is 17.0 Å². The summed E-state index contributed by atoms with van der Waals surface area (Å²) in [5.41, 5.74) is 1.78. The minimum Gasteiger partial charge on any atom is -0.497 e. The van der Waals surface area contributed by atoms with Gasteiger partial charge in [0.25, 0.3) is 10.0 Å². The van der Waals surface area contributed by atoms with Crippen LogP contribution in [-0.2, 0) is 10.0 Å². The van der Waals surface area contributed by atoms with Crippen LogP contribution < -0.4 is 4.74 Å². The number of methoxy groups -OCH3 is 1. The first kappa shape index (κ1) is 17.8. The number of fused-ring (bicyclic) bond motifs is 1. The third-order valence-electron chi connectivity index (χ3n) is 4.25. The molecule has 2 heterocycles. The molecule has 27 heavy (non-hydrogen) atoms. The first-order valence-corrected chi connectivity index (χ1v) is 10.3. The smallest absolute Gasteiger partial charge is 0.268 e. The highest BCUT2D eigenvalue weighted by Gasteiger charge is 2.24. The molecule has 0 N–H and O–H groups in total. The summed E-state index contributed by atoms with van der Waals surface area (Å²) in [5, 5.41) is 0.797. The van der Waals surface area contributed by atoms with E-state index in [0.717, 1.165) is 9.86 Å². The van der Waals surface area contributed by atoms with Gasteiger partial charge in [0.05, 0.1) is 23.2 Å². The lowest BCUT2D eigenvalue weighted by Gasteiger charge is -2.12. The van der Waals surface area contributed by atoms with E-state index in [1.54, 1.807) is 55.9 Å². The molecule has 4 aromatic rings. The van der Waals surface area contributed by atoms with E-state index in [1.165, 1.54) is 3.97 Å². The van der Waals surface area contributed by atoms with Crippen LogP contribution in [0.5, 0.6) is 5.75 Å². The van der Waals surface area contributed by atoms with Crippen molar-refractivity contribution in [2.45, 2.75) is 4.90 Å².